The Morgan fingerprint density at radius 3 is 2.33 bits per heavy atom. The Bertz CT molecular complexity index is 513. The van der Waals surface area contributed by atoms with Crippen molar-refractivity contribution in [3.8, 4) is 0 Å². The van der Waals surface area contributed by atoms with Crippen LogP contribution in [0.1, 0.15) is 71.6 Å². The summed E-state index contributed by atoms with van der Waals surface area (Å²) in [5, 5.41) is 10.6. The lowest BCUT2D eigenvalue weighted by atomic mass is 9.45. The number of rotatable bonds is 0. The normalized spacial score (nSPS) is 55.9. The van der Waals surface area contributed by atoms with Gasteiger partial charge in [0.25, 0.3) is 0 Å². The second-order valence-corrected chi connectivity index (χ2v) is 10.1. The molecule has 1 heterocycles. The molecule has 0 aromatic rings. The van der Waals surface area contributed by atoms with Crippen LogP contribution in [0, 0.1) is 34.5 Å². The van der Waals surface area contributed by atoms with E-state index >= 15 is 0 Å². The van der Waals surface area contributed by atoms with Crippen molar-refractivity contribution < 1.29 is 14.6 Å². The predicted molar refractivity (Wildman–Crippen MR) is 92.4 cm³/mol. The van der Waals surface area contributed by atoms with E-state index in [0.717, 1.165) is 56.1 Å². The lowest BCUT2D eigenvalue weighted by molar-refractivity contribution is -0.230. The summed E-state index contributed by atoms with van der Waals surface area (Å²) >= 11 is 0. The zero-order valence-corrected chi connectivity index (χ0v) is 15.4. The van der Waals surface area contributed by atoms with E-state index in [0.29, 0.717) is 5.41 Å². The lowest BCUT2D eigenvalue weighted by Gasteiger charge is -2.61. The minimum absolute atomic E-state index is 0.0520. The van der Waals surface area contributed by atoms with Crippen molar-refractivity contribution in [1.82, 2.24) is 0 Å². The predicted octanol–water partition coefficient (Wildman–Crippen LogP) is 4.13. The van der Waals surface area contributed by atoms with Crippen molar-refractivity contribution >= 4 is 0 Å². The number of fused-ring (bicyclic) bond motifs is 5. The molecule has 4 saturated carbocycles. The molecule has 3 heteroatoms. The van der Waals surface area contributed by atoms with Gasteiger partial charge in [-0.15, -0.1) is 0 Å². The molecule has 0 aromatic carbocycles. The molecule has 1 saturated heterocycles. The highest BCUT2D eigenvalue weighted by Crippen LogP contribution is 2.67. The smallest absolute Gasteiger partial charge is 0.168 e. The highest BCUT2D eigenvalue weighted by Gasteiger charge is 2.61. The van der Waals surface area contributed by atoms with Crippen LogP contribution in [-0.4, -0.2) is 30.2 Å². The van der Waals surface area contributed by atoms with Gasteiger partial charge in [0, 0.05) is 12.8 Å². The van der Waals surface area contributed by atoms with E-state index in [1.807, 2.05) is 0 Å². The van der Waals surface area contributed by atoms with Crippen LogP contribution >= 0.6 is 0 Å². The van der Waals surface area contributed by atoms with Crippen LogP contribution in [0.4, 0.5) is 0 Å². The molecular formula is C21H34O3. The molecule has 3 nitrogen and oxygen atoms in total. The molecule has 0 amide bonds. The van der Waals surface area contributed by atoms with Crippen LogP contribution in [0.15, 0.2) is 0 Å². The van der Waals surface area contributed by atoms with Crippen molar-refractivity contribution in [2.45, 2.75) is 83.5 Å². The molecule has 5 fully saturated rings. The fourth-order valence-electron chi connectivity index (χ4n) is 7.93. The molecule has 5 rings (SSSR count). The van der Waals surface area contributed by atoms with Gasteiger partial charge in [0.05, 0.1) is 19.3 Å². The first-order chi connectivity index (χ1) is 11.5. The van der Waals surface area contributed by atoms with Gasteiger partial charge in [-0.1, -0.05) is 13.8 Å². The van der Waals surface area contributed by atoms with Gasteiger partial charge in [-0.3, -0.25) is 0 Å². The standard InChI is InChI=1S/C21H34O3/c1-19-9-10-21(23-11-12-24-21)13-14(19)3-4-15-16-5-6-18(22)20(16,2)8-7-17(15)19/h14-18,22H,3-13H2,1-2H3/t14-,15+,16+,17-,18+,19+,20-/m1/s1. The van der Waals surface area contributed by atoms with E-state index in [4.69, 9.17) is 9.47 Å². The Kier molecular flexibility index (Phi) is 3.49. The summed E-state index contributed by atoms with van der Waals surface area (Å²) in [5.41, 5.74) is 0.677. The highest BCUT2D eigenvalue weighted by molar-refractivity contribution is 5.10. The van der Waals surface area contributed by atoms with E-state index in [1.54, 1.807) is 0 Å². The minimum Gasteiger partial charge on any atom is -0.393 e. The van der Waals surface area contributed by atoms with E-state index < -0.39 is 0 Å². The molecule has 5 aliphatic rings. The van der Waals surface area contributed by atoms with Crippen molar-refractivity contribution in [2.75, 3.05) is 13.2 Å². The third kappa shape index (κ3) is 2.01. The lowest BCUT2D eigenvalue weighted by Crippen LogP contribution is -2.56. The maximum absolute atomic E-state index is 10.6. The van der Waals surface area contributed by atoms with Gasteiger partial charge < -0.3 is 14.6 Å². The Hall–Kier alpha value is -0.120. The molecule has 1 spiro atoms. The monoisotopic (exact) mass is 334 g/mol. The fourth-order valence-corrected chi connectivity index (χ4v) is 7.93. The van der Waals surface area contributed by atoms with Crippen LogP contribution in [0.2, 0.25) is 0 Å². The second-order valence-electron chi connectivity index (χ2n) is 10.1. The maximum Gasteiger partial charge on any atom is 0.168 e. The SMILES string of the molecule is C[C@]12CCC3(C[C@H]1CC[C@@H]1[C@H]2CC[C@@]2(C)[C@@H](O)CC[C@@H]12)OCCO3. The van der Waals surface area contributed by atoms with Crippen LogP contribution in [0.25, 0.3) is 0 Å². The molecule has 1 aliphatic heterocycles. The first-order valence-corrected chi connectivity index (χ1v) is 10.4. The van der Waals surface area contributed by atoms with E-state index in [-0.39, 0.29) is 17.3 Å². The van der Waals surface area contributed by atoms with Crippen LogP contribution in [-0.2, 0) is 9.47 Å². The average Bonchev–Trinajstić information content (AvgIpc) is 3.14. The summed E-state index contributed by atoms with van der Waals surface area (Å²) in [6.45, 7) is 6.54. The Balaban J connectivity index is 1.41. The van der Waals surface area contributed by atoms with Gasteiger partial charge in [-0.2, -0.15) is 0 Å². The number of hydrogen-bond acceptors (Lipinski definition) is 3. The van der Waals surface area contributed by atoms with Gasteiger partial charge in [-0.05, 0) is 79.4 Å². The van der Waals surface area contributed by atoms with E-state index in [9.17, 15) is 5.11 Å². The zero-order chi connectivity index (χ0) is 16.6. The fraction of sp³-hybridized carbons (Fsp3) is 1.00. The Morgan fingerprint density at radius 2 is 1.54 bits per heavy atom. The molecule has 7 atom stereocenters. The number of aliphatic hydroxyl groups is 1. The molecule has 0 radical (unpaired) electrons. The summed E-state index contributed by atoms with van der Waals surface area (Å²) in [6.07, 6.45) is 11.0. The van der Waals surface area contributed by atoms with Gasteiger partial charge in [0.2, 0.25) is 0 Å². The number of hydrogen-bond donors (Lipinski definition) is 1. The summed E-state index contributed by atoms with van der Waals surface area (Å²) < 4.78 is 12.1. The van der Waals surface area contributed by atoms with Crippen molar-refractivity contribution in [3.05, 3.63) is 0 Å². The van der Waals surface area contributed by atoms with Crippen molar-refractivity contribution in [1.29, 1.82) is 0 Å². The topological polar surface area (TPSA) is 38.7 Å². The number of ether oxygens (including phenoxy) is 2. The number of aliphatic hydroxyl groups excluding tert-OH is 1. The second kappa shape index (κ2) is 5.20. The summed E-state index contributed by atoms with van der Waals surface area (Å²) in [7, 11) is 0. The van der Waals surface area contributed by atoms with Crippen LogP contribution in [0.3, 0.4) is 0 Å². The third-order valence-electron chi connectivity index (χ3n) is 9.43. The first-order valence-electron chi connectivity index (χ1n) is 10.4. The quantitative estimate of drug-likeness (QED) is 0.724. The summed E-state index contributed by atoms with van der Waals surface area (Å²) in [6, 6.07) is 0. The van der Waals surface area contributed by atoms with Crippen LogP contribution in [0.5, 0.6) is 0 Å². The average molecular weight is 335 g/mol. The molecule has 24 heavy (non-hydrogen) atoms. The molecule has 136 valence electrons. The van der Waals surface area contributed by atoms with E-state index in [1.165, 1.54) is 38.5 Å². The van der Waals surface area contributed by atoms with Crippen molar-refractivity contribution in [3.63, 3.8) is 0 Å². The van der Waals surface area contributed by atoms with Gasteiger partial charge in [0.15, 0.2) is 5.79 Å². The molecular weight excluding hydrogens is 300 g/mol. The van der Waals surface area contributed by atoms with E-state index in [2.05, 4.69) is 13.8 Å². The molecule has 0 unspecified atom stereocenters. The van der Waals surface area contributed by atoms with Crippen molar-refractivity contribution in [2.24, 2.45) is 34.5 Å². The zero-order valence-electron chi connectivity index (χ0n) is 15.4. The highest BCUT2D eigenvalue weighted by atomic mass is 16.7. The first kappa shape index (κ1) is 16.1. The molecule has 1 N–H and O–H groups in total. The Morgan fingerprint density at radius 1 is 0.792 bits per heavy atom. The van der Waals surface area contributed by atoms with Gasteiger partial charge in [0.1, 0.15) is 0 Å². The van der Waals surface area contributed by atoms with Crippen LogP contribution < -0.4 is 0 Å². The summed E-state index contributed by atoms with van der Waals surface area (Å²) in [4.78, 5) is 0. The Labute approximate surface area is 146 Å². The van der Waals surface area contributed by atoms with Gasteiger partial charge >= 0.3 is 0 Å². The van der Waals surface area contributed by atoms with Gasteiger partial charge in [-0.25, -0.2) is 0 Å². The molecule has 4 aliphatic carbocycles. The largest absolute Gasteiger partial charge is 0.393 e. The third-order valence-corrected chi connectivity index (χ3v) is 9.43. The summed E-state index contributed by atoms with van der Waals surface area (Å²) in [5.74, 6) is 3.00. The molecule has 0 bridgehead atoms. The minimum atomic E-state index is -0.232. The maximum atomic E-state index is 10.6. The molecule has 0 aromatic heterocycles.